The molecule has 0 aliphatic carbocycles. The molecular formula is C28H36N6O2. The zero-order valence-corrected chi connectivity index (χ0v) is 21.6. The second-order valence-corrected chi connectivity index (χ2v) is 9.31. The van der Waals surface area contributed by atoms with Crippen LogP contribution in [-0.2, 0) is 11.3 Å². The van der Waals surface area contributed by atoms with Crippen molar-refractivity contribution in [3.63, 3.8) is 0 Å². The molecule has 0 saturated carbocycles. The number of nitrogens with zero attached hydrogens (tertiary/aromatic N) is 5. The number of hydrogen-bond acceptors (Lipinski definition) is 7. The molecule has 0 fully saturated rings. The van der Waals surface area contributed by atoms with E-state index in [4.69, 9.17) is 4.74 Å². The molecular weight excluding hydrogens is 452 g/mol. The van der Waals surface area contributed by atoms with Gasteiger partial charge in [-0.05, 0) is 50.7 Å². The highest BCUT2D eigenvalue weighted by atomic mass is 16.5. The molecule has 2 aromatic carbocycles. The van der Waals surface area contributed by atoms with Crippen molar-refractivity contribution in [2.45, 2.75) is 26.1 Å². The Morgan fingerprint density at radius 3 is 2.67 bits per heavy atom. The van der Waals surface area contributed by atoms with Gasteiger partial charge in [-0.3, -0.25) is 4.79 Å². The van der Waals surface area contributed by atoms with Gasteiger partial charge in [0.2, 0.25) is 5.95 Å². The third-order valence-corrected chi connectivity index (χ3v) is 6.28. The lowest BCUT2D eigenvalue weighted by atomic mass is 10.1. The molecule has 0 radical (unpaired) electrons. The fourth-order valence-electron chi connectivity index (χ4n) is 4.31. The predicted molar refractivity (Wildman–Crippen MR) is 145 cm³/mol. The van der Waals surface area contributed by atoms with Gasteiger partial charge in [0.25, 0.3) is 5.91 Å². The van der Waals surface area contributed by atoms with Crippen molar-refractivity contribution in [1.82, 2.24) is 14.9 Å². The smallest absolute Gasteiger partial charge is 0.263 e. The number of carbonyl (C=O) groups is 1. The highest BCUT2D eigenvalue weighted by molar-refractivity contribution is 6.09. The van der Waals surface area contributed by atoms with E-state index in [0.717, 1.165) is 30.8 Å². The van der Waals surface area contributed by atoms with Crippen LogP contribution in [0.4, 0.5) is 17.5 Å². The average molecular weight is 489 g/mol. The number of carbonyl (C=O) groups excluding carboxylic acids is 1. The molecule has 2 heterocycles. The SMILES string of the molecule is CCNc1ncc2c(n1)N(C)CCN(c1cccc(COC(CCN(C)C)c3ccccc3)c1)C2=O. The summed E-state index contributed by atoms with van der Waals surface area (Å²) in [7, 11) is 6.11. The lowest BCUT2D eigenvalue weighted by Gasteiger charge is -2.23. The molecule has 1 aliphatic heterocycles. The van der Waals surface area contributed by atoms with Gasteiger partial charge < -0.3 is 24.8 Å². The third-order valence-electron chi connectivity index (χ3n) is 6.28. The number of amides is 1. The number of benzene rings is 2. The molecule has 0 bridgehead atoms. The Labute approximate surface area is 213 Å². The molecule has 3 aromatic rings. The second-order valence-electron chi connectivity index (χ2n) is 9.31. The van der Waals surface area contributed by atoms with E-state index in [1.54, 1.807) is 6.20 Å². The predicted octanol–water partition coefficient (Wildman–Crippen LogP) is 4.21. The minimum atomic E-state index is -0.0939. The quantitative estimate of drug-likeness (QED) is 0.458. The molecule has 1 atom stereocenters. The highest BCUT2D eigenvalue weighted by Gasteiger charge is 2.28. The van der Waals surface area contributed by atoms with Crippen LogP contribution in [0.5, 0.6) is 0 Å². The fourth-order valence-corrected chi connectivity index (χ4v) is 4.31. The highest BCUT2D eigenvalue weighted by Crippen LogP contribution is 2.28. The summed E-state index contributed by atoms with van der Waals surface area (Å²) < 4.78 is 6.40. The third kappa shape index (κ3) is 6.19. The molecule has 1 aromatic heterocycles. The summed E-state index contributed by atoms with van der Waals surface area (Å²) in [5, 5.41) is 3.12. The number of rotatable bonds is 10. The van der Waals surface area contributed by atoms with Gasteiger partial charge in [-0.2, -0.15) is 4.98 Å². The molecule has 1 unspecified atom stereocenters. The van der Waals surface area contributed by atoms with Crippen LogP contribution >= 0.6 is 0 Å². The molecule has 1 N–H and O–H groups in total. The molecule has 36 heavy (non-hydrogen) atoms. The lowest BCUT2D eigenvalue weighted by molar-refractivity contribution is 0.0296. The molecule has 1 amide bonds. The zero-order valence-electron chi connectivity index (χ0n) is 21.6. The van der Waals surface area contributed by atoms with E-state index in [9.17, 15) is 4.79 Å². The van der Waals surface area contributed by atoms with Crippen molar-refractivity contribution in [3.8, 4) is 0 Å². The van der Waals surface area contributed by atoms with Crippen molar-refractivity contribution in [3.05, 3.63) is 77.5 Å². The maximum Gasteiger partial charge on any atom is 0.263 e. The van der Waals surface area contributed by atoms with E-state index in [2.05, 4.69) is 46.4 Å². The first-order chi connectivity index (χ1) is 17.5. The normalized spacial score (nSPS) is 14.5. The van der Waals surface area contributed by atoms with Gasteiger partial charge in [0, 0.05) is 45.1 Å². The molecule has 8 nitrogen and oxygen atoms in total. The molecule has 8 heteroatoms. The summed E-state index contributed by atoms with van der Waals surface area (Å²) in [6.45, 7) is 5.34. The minimum absolute atomic E-state index is 0.000626. The van der Waals surface area contributed by atoms with Gasteiger partial charge in [-0.1, -0.05) is 42.5 Å². The lowest BCUT2D eigenvalue weighted by Crippen LogP contribution is -2.33. The van der Waals surface area contributed by atoms with Gasteiger partial charge in [-0.25, -0.2) is 4.98 Å². The molecule has 0 saturated heterocycles. The Kier molecular flexibility index (Phi) is 8.51. The van der Waals surface area contributed by atoms with Crippen LogP contribution in [0.25, 0.3) is 0 Å². The largest absolute Gasteiger partial charge is 0.369 e. The number of aromatic nitrogens is 2. The van der Waals surface area contributed by atoms with E-state index in [0.29, 0.717) is 37.0 Å². The monoisotopic (exact) mass is 488 g/mol. The summed E-state index contributed by atoms with van der Waals surface area (Å²) in [6, 6.07) is 18.4. The van der Waals surface area contributed by atoms with E-state index in [-0.39, 0.29) is 12.0 Å². The molecule has 4 rings (SSSR count). The van der Waals surface area contributed by atoms with Gasteiger partial charge in [0.1, 0.15) is 11.4 Å². The van der Waals surface area contributed by atoms with E-state index in [1.807, 2.05) is 66.2 Å². The van der Waals surface area contributed by atoms with Crippen molar-refractivity contribution < 1.29 is 9.53 Å². The van der Waals surface area contributed by atoms with Gasteiger partial charge in [0.15, 0.2) is 0 Å². The molecule has 190 valence electrons. The van der Waals surface area contributed by atoms with Gasteiger partial charge in [-0.15, -0.1) is 0 Å². The van der Waals surface area contributed by atoms with Crippen molar-refractivity contribution in [2.24, 2.45) is 0 Å². The average Bonchev–Trinajstić information content (AvgIpc) is 3.01. The van der Waals surface area contributed by atoms with Crippen molar-refractivity contribution in [1.29, 1.82) is 0 Å². The fraction of sp³-hybridized carbons (Fsp3) is 0.393. The van der Waals surface area contributed by atoms with Crippen LogP contribution in [0.1, 0.15) is 40.9 Å². The van der Waals surface area contributed by atoms with Crippen LogP contribution in [0, 0.1) is 0 Å². The topological polar surface area (TPSA) is 73.8 Å². The van der Waals surface area contributed by atoms with Gasteiger partial charge >= 0.3 is 0 Å². The molecule has 0 spiro atoms. The summed E-state index contributed by atoms with van der Waals surface area (Å²) >= 11 is 0. The first kappa shape index (κ1) is 25.6. The Morgan fingerprint density at radius 2 is 1.92 bits per heavy atom. The number of hydrogen-bond donors (Lipinski definition) is 1. The number of ether oxygens (including phenoxy) is 1. The summed E-state index contributed by atoms with van der Waals surface area (Å²) in [5.74, 6) is 1.09. The van der Waals surface area contributed by atoms with Crippen molar-refractivity contribution in [2.75, 3.05) is 62.4 Å². The number of likely N-dealkylation sites (N-methyl/N-ethyl adjacent to an activating group) is 1. The Balaban J connectivity index is 1.52. The first-order valence-electron chi connectivity index (χ1n) is 12.5. The minimum Gasteiger partial charge on any atom is -0.369 e. The Bertz CT molecular complexity index is 1150. The summed E-state index contributed by atoms with van der Waals surface area (Å²) in [6.07, 6.45) is 2.53. The van der Waals surface area contributed by atoms with Crippen LogP contribution in [0.15, 0.2) is 60.8 Å². The van der Waals surface area contributed by atoms with Crippen LogP contribution in [0.2, 0.25) is 0 Å². The first-order valence-corrected chi connectivity index (χ1v) is 12.5. The Hall–Kier alpha value is -3.49. The zero-order chi connectivity index (χ0) is 25.5. The summed E-state index contributed by atoms with van der Waals surface area (Å²) in [4.78, 5) is 28.4. The van der Waals surface area contributed by atoms with E-state index >= 15 is 0 Å². The maximum absolute atomic E-state index is 13.5. The van der Waals surface area contributed by atoms with Crippen LogP contribution in [0.3, 0.4) is 0 Å². The standard InChI is InChI=1S/C28H36N6O2/c1-5-29-28-30-19-24-26(31-28)33(4)16-17-34(27(24)35)23-13-9-10-21(18-23)20-36-25(14-15-32(2)3)22-11-7-6-8-12-22/h6-13,18-19,25H,5,14-17,20H2,1-4H3,(H,29,30,31). The van der Waals surface area contributed by atoms with Gasteiger partial charge in [0.05, 0.1) is 12.7 Å². The number of fused-ring (bicyclic) bond motifs is 1. The number of nitrogens with one attached hydrogen (secondary N) is 1. The van der Waals surface area contributed by atoms with Crippen LogP contribution < -0.4 is 15.1 Å². The summed E-state index contributed by atoms with van der Waals surface area (Å²) in [5.41, 5.74) is 3.56. The van der Waals surface area contributed by atoms with E-state index in [1.165, 1.54) is 5.56 Å². The second kappa shape index (κ2) is 12.0. The van der Waals surface area contributed by atoms with E-state index < -0.39 is 0 Å². The van der Waals surface area contributed by atoms with Crippen molar-refractivity contribution >= 4 is 23.4 Å². The van der Waals surface area contributed by atoms with Crippen LogP contribution in [-0.4, -0.2) is 68.1 Å². The Morgan fingerprint density at radius 1 is 1.11 bits per heavy atom. The maximum atomic E-state index is 13.5. The molecule has 1 aliphatic rings. The number of anilines is 3.